The minimum atomic E-state index is 0.104. The Bertz CT molecular complexity index is 773. The predicted molar refractivity (Wildman–Crippen MR) is 95.7 cm³/mol. The Morgan fingerprint density at radius 2 is 2.08 bits per heavy atom. The quantitative estimate of drug-likeness (QED) is 0.905. The summed E-state index contributed by atoms with van der Waals surface area (Å²) in [5, 5.41) is 8.04. The molecule has 4 rings (SSSR count). The number of likely N-dealkylation sites (tertiary alicyclic amines) is 1. The van der Waals surface area contributed by atoms with Crippen LogP contribution in [0.1, 0.15) is 59.8 Å². The van der Waals surface area contributed by atoms with E-state index in [2.05, 4.69) is 15.5 Å². The van der Waals surface area contributed by atoms with E-state index in [-0.39, 0.29) is 5.91 Å². The highest BCUT2D eigenvalue weighted by Crippen LogP contribution is 2.40. The van der Waals surface area contributed by atoms with Crippen LogP contribution in [-0.4, -0.2) is 47.6 Å². The van der Waals surface area contributed by atoms with Gasteiger partial charge in [0.15, 0.2) is 0 Å². The number of rotatable bonds is 5. The summed E-state index contributed by atoms with van der Waals surface area (Å²) in [7, 11) is 1.99. The van der Waals surface area contributed by atoms with Gasteiger partial charge in [-0.2, -0.15) is 0 Å². The molecular formula is C19H26N4O2. The van der Waals surface area contributed by atoms with E-state index in [1.807, 2.05) is 24.9 Å². The number of nitrogens with one attached hydrogen (secondary N) is 1. The van der Waals surface area contributed by atoms with E-state index in [0.717, 1.165) is 67.7 Å². The average Bonchev–Trinajstić information content (AvgIpc) is 3.43. The van der Waals surface area contributed by atoms with Gasteiger partial charge in [-0.05, 0) is 64.6 Å². The number of fused-ring (bicyclic) bond motifs is 1. The number of aryl methyl sites for hydroxylation is 1. The first-order chi connectivity index (χ1) is 12.2. The second-order valence-corrected chi connectivity index (χ2v) is 7.44. The number of piperidine rings is 1. The van der Waals surface area contributed by atoms with Crippen molar-refractivity contribution in [2.75, 3.05) is 26.7 Å². The van der Waals surface area contributed by atoms with Crippen LogP contribution in [0.25, 0.3) is 11.1 Å². The van der Waals surface area contributed by atoms with Gasteiger partial charge in [-0.25, -0.2) is 4.98 Å². The monoisotopic (exact) mass is 342 g/mol. The molecule has 3 heterocycles. The fraction of sp³-hybridized carbons (Fsp3) is 0.632. The zero-order chi connectivity index (χ0) is 17.4. The first-order valence-electron chi connectivity index (χ1n) is 9.38. The molecule has 2 aromatic heterocycles. The lowest BCUT2D eigenvalue weighted by molar-refractivity contribution is 0.0689. The van der Waals surface area contributed by atoms with Crippen molar-refractivity contribution >= 4 is 17.0 Å². The number of hydrogen-bond acceptors (Lipinski definition) is 5. The maximum absolute atomic E-state index is 13.2. The number of nitrogens with zero attached hydrogens (tertiary/aromatic N) is 3. The fourth-order valence-corrected chi connectivity index (χ4v) is 3.81. The van der Waals surface area contributed by atoms with Crippen LogP contribution in [0.4, 0.5) is 0 Å². The number of carbonyl (C=O) groups is 1. The predicted octanol–water partition coefficient (Wildman–Crippen LogP) is 2.87. The fourth-order valence-electron chi connectivity index (χ4n) is 3.81. The van der Waals surface area contributed by atoms with Gasteiger partial charge in [0.2, 0.25) is 0 Å². The van der Waals surface area contributed by atoms with Crippen molar-refractivity contribution in [1.29, 1.82) is 0 Å². The average molecular weight is 342 g/mol. The van der Waals surface area contributed by atoms with Crippen LogP contribution in [0.5, 0.6) is 0 Å². The van der Waals surface area contributed by atoms with Gasteiger partial charge in [-0.3, -0.25) is 4.79 Å². The molecule has 0 atom stereocenters. The number of pyridine rings is 1. The van der Waals surface area contributed by atoms with E-state index in [4.69, 9.17) is 4.52 Å². The molecule has 2 fully saturated rings. The summed E-state index contributed by atoms with van der Waals surface area (Å²) < 4.78 is 5.37. The third-order valence-corrected chi connectivity index (χ3v) is 5.57. The normalized spacial score (nSPS) is 18.9. The summed E-state index contributed by atoms with van der Waals surface area (Å²) in [6, 6.07) is 1.99. The van der Waals surface area contributed by atoms with Crippen LogP contribution in [-0.2, 0) is 0 Å². The zero-order valence-corrected chi connectivity index (χ0v) is 15.0. The zero-order valence-electron chi connectivity index (χ0n) is 15.0. The van der Waals surface area contributed by atoms with Crippen LogP contribution in [0, 0.1) is 12.8 Å². The largest absolute Gasteiger partial charge is 0.339 e. The van der Waals surface area contributed by atoms with Crippen molar-refractivity contribution < 1.29 is 9.32 Å². The van der Waals surface area contributed by atoms with Crippen molar-refractivity contribution in [3.63, 3.8) is 0 Å². The van der Waals surface area contributed by atoms with Gasteiger partial charge in [0.05, 0.1) is 16.6 Å². The Kier molecular flexibility index (Phi) is 4.46. The highest BCUT2D eigenvalue weighted by molar-refractivity contribution is 6.06. The van der Waals surface area contributed by atoms with E-state index in [9.17, 15) is 4.79 Å². The summed E-state index contributed by atoms with van der Waals surface area (Å²) >= 11 is 0. The van der Waals surface area contributed by atoms with Crippen LogP contribution in [0.15, 0.2) is 10.6 Å². The van der Waals surface area contributed by atoms with Gasteiger partial charge in [-0.15, -0.1) is 0 Å². The Labute approximate surface area is 148 Å². The van der Waals surface area contributed by atoms with E-state index in [1.165, 1.54) is 6.42 Å². The second kappa shape index (κ2) is 6.75. The van der Waals surface area contributed by atoms with Crippen molar-refractivity contribution in [3.05, 3.63) is 23.0 Å². The number of hydrogen-bond donors (Lipinski definition) is 1. The number of amides is 1. The van der Waals surface area contributed by atoms with Crippen molar-refractivity contribution in [3.8, 4) is 0 Å². The first-order valence-corrected chi connectivity index (χ1v) is 9.38. The number of carbonyl (C=O) groups excluding carboxylic acids is 1. The standard InChI is InChI=1S/C19H26N4O2/c1-12-17-15(11-16(14-3-4-14)21-18(17)25-22-12)19(24)23-9-6-13(7-10-23)5-8-20-2/h11,13-14,20H,3-10H2,1-2H3. The van der Waals surface area contributed by atoms with Crippen LogP contribution in [0.3, 0.4) is 0 Å². The van der Waals surface area contributed by atoms with E-state index in [1.54, 1.807) is 0 Å². The smallest absolute Gasteiger partial charge is 0.259 e. The van der Waals surface area contributed by atoms with E-state index >= 15 is 0 Å². The third kappa shape index (κ3) is 3.27. The molecule has 1 saturated heterocycles. The Morgan fingerprint density at radius 3 is 2.76 bits per heavy atom. The molecule has 2 aromatic rings. The van der Waals surface area contributed by atoms with Crippen molar-refractivity contribution in [2.24, 2.45) is 5.92 Å². The lowest BCUT2D eigenvalue weighted by Gasteiger charge is -2.32. The summed E-state index contributed by atoms with van der Waals surface area (Å²) in [4.78, 5) is 19.8. The lowest BCUT2D eigenvalue weighted by Crippen LogP contribution is -2.39. The molecule has 1 N–H and O–H groups in total. The molecule has 2 aliphatic rings. The molecule has 1 amide bonds. The highest BCUT2D eigenvalue weighted by Gasteiger charge is 2.31. The molecule has 1 saturated carbocycles. The molecule has 0 aromatic carbocycles. The van der Waals surface area contributed by atoms with E-state index < -0.39 is 0 Å². The molecule has 134 valence electrons. The van der Waals surface area contributed by atoms with Crippen molar-refractivity contribution in [1.82, 2.24) is 20.4 Å². The molecule has 6 nitrogen and oxygen atoms in total. The second-order valence-electron chi connectivity index (χ2n) is 7.44. The van der Waals surface area contributed by atoms with Gasteiger partial charge in [-0.1, -0.05) is 5.16 Å². The minimum Gasteiger partial charge on any atom is -0.339 e. The van der Waals surface area contributed by atoms with Gasteiger partial charge in [0.25, 0.3) is 11.6 Å². The minimum absolute atomic E-state index is 0.104. The Hall–Kier alpha value is -1.95. The lowest BCUT2D eigenvalue weighted by atomic mass is 9.93. The third-order valence-electron chi connectivity index (χ3n) is 5.57. The van der Waals surface area contributed by atoms with Gasteiger partial charge in [0, 0.05) is 24.7 Å². The van der Waals surface area contributed by atoms with Crippen LogP contribution < -0.4 is 5.32 Å². The van der Waals surface area contributed by atoms with Crippen LogP contribution >= 0.6 is 0 Å². The SMILES string of the molecule is CNCCC1CCN(C(=O)c2cc(C3CC3)nc3onc(C)c23)CC1. The molecule has 0 radical (unpaired) electrons. The molecule has 0 bridgehead atoms. The maximum atomic E-state index is 13.2. The van der Waals surface area contributed by atoms with Crippen LogP contribution in [0.2, 0.25) is 0 Å². The first kappa shape index (κ1) is 16.5. The number of aromatic nitrogens is 2. The molecule has 25 heavy (non-hydrogen) atoms. The molecule has 6 heteroatoms. The molecular weight excluding hydrogens is 316 g/mol. The summed E-state index contributed by atoms with van der Waals surface area (Å²) in [6.07, 6.45) is 5.65. The Balaban J connectivity index is 1.57. The molecule has 0 spiro atoms. The van der Waals surface area contributed by atoms with Crippen molar-refractivity contribution in [2.45, 2.75) is 44.9 Å². The molecule has 1 aliphatic heterocycles. The van der Waals surface area contributed by atoms with Gasteiger partial charge < -0.3 is 14.7 Å². The topological polar surface area (TPSA) is 71.3 Å². The highest BCUT2D eigenvalue weighted by atomic mass is 16.5. The molecule has 1 aliphatic carbocycles. The van der Waals surface area contributed by atoms with Gasteiger partial charge in [0.1, 0.15) is 0 Å². The Morgan fingerprint density at radius 1 is 1.32 bits per heavy atom. The summed E-state index contributed by atoms with van der Waals surface area (Å²) in [5.41, 5.74) is 2.96. The molecule has 0 unspecified atom stereocenters. The summed E-state index contributed by atoms with van der Waals surface area (Å²) in [5.74, 6) is 1.30. The van der Waals surface area contributed by atoms with E-state index in [0.29, 0.717) is 17.5 Å². The van der Waals surface area contributed by atoms with Gasteiger partial charge >= 0.3 is 0 Å². The summed E-state index contributed by atoms with van der Waals surface area (Å²) in [6.45, 7) is 4.60. The maximum Gasteiger partial charge on any atom is 0.259 e.